The van der Waals surface area contributed by atoms with Crippen LogP contribution in [0.2, 0.25) is 0 Å². The first-order chi connectivity index (χ1) is 17.4. The third kappa shape index (κ3) is 343. The van der Waals surface area contributed by atoms with E-state index >= 15 is 0 Å². The predicted molar refractivity (Wildman–Crippen MR) is 158 cm³/mol. The number of hydrogen-bond donors (Lipinski definition) is 13. The molecule has 0 aromatic carbocycles. The summed E-state index contributed by atoms with van der Waals surface area (Å²) in [5.41, 5.74) is 10.8. The molecule has 0 rings (SSSR count). The van der Waals surface area contributed by atoms with Gasteiger partial charge in [0.25, 0.3) is 0 Å². The van der Waals surface area contributed by atoms with Gasteiger partial charge in [-0.2, -0.15) is 0 Å². The van der Waals surface area contributed by atoms with Crippen molar-refractivity contribution >= 4 is 38.0 Å². The average molecular weight is 695 g/mol. The van der Waals surface area contributed by atoms with Gasteiger partial charge in [0, 0.05) is 33.3 Å². The maximum Gasteiger partial charge on any atom is 0.322 e. The molecule has 0 aliphatic rings. The molecule has 0 saturated heterocycles. The Balaban J connectivity index is -0.0000000962. The minimum atomic E-state index is -3.64. The van der Waals surface area contributed by atoms with Crippen molar-refractivity contribution in [2.75, 3.05) is 59.5 Å². The van der Waals surface area contributed by atoms with Crippen LogP contribution in [0.5, 0.6) is 0 Å². The van der Waals surface area contributed by atoms with Crippen LogP contribution in [0, 0.1) is 0 Å². The second-order valence-electron chi connectivity index (χ2n) is 8.33. The summed E-state index contributed by atoms with van der Waals surface area (Å²) >= 11 is 0. The first-order valence-corrected chi connectivity index (χ1v) is 22.0. The standard InChI is InChI=1S/C12H29N3.5CH5O3P/c13-9-5-1-3-7-11-15-12-8-4-2-6-10-14;5*1-5(2,3)4/h15H,1-14H2;5*1H3,(H2,2,3,4). The van der Waals surface area contributed by atoms with Crippen LogP contribution in [0.15, 0.2) is 0 Å². The van der Waals surface area contributed by atoms with E-state index < -0.39 is 38.0 Å². The number of unbranched alkanes of at least 4 members (excludes halogenated alkanes) is 6. The van der Waals surface area contributed by atoms with Crippen LogP contribution in [0.3, 0.4) is 0 Å². The Bertz CT molecular complexity index is 592. The second-order valence-corrected chi connectivity index (χ2v) is 16.7. The van der Waals surface area contributed by atoms with E-state index in [9.17, 15) is 22.8 Å². The molecule has 252 valence electrons. The van der Waals surface area contributed by atoms with E-state index in [0.29, 0.717) is 0 Å². The van der Waals surface area contributed by atoms with Crippen molar-refractivity contribution in [2.45, 2.75) is 51.4 Å². The summed E-state index contributed by atoms with van der Waals surface area (Å²) in [4.78, 5) is 76.3. The molecule has 0 amide bonds. The zero-order chi connectivity index (χ0) is 33.7. The highest BCUT2D eigenvalue weighted by molar-refractivity contribution is 7.51. The summed E-state index contributed by atoms with van der Waals surface area (Å²) in [6.07, 6.45) is 10.2. The minimum Gasteiger partial charge on any atom is -0.330 e. The molecule has 0 radical (unpaired) electrons. The third-order valence-corrected chi connectivity index (χ3v) is 2.62. The van der Waals surface area contributed by atoms with Gasteiger partial charge in [0.1, 0.15) is 0 Å². The lowest BCUT2D eigenvalue weighted by Gasteiger charge is -2.04. The second kappa shape index (κ2) is 31.1. The molecule has 0 heterocycles. The van der Waals surface area contributed by atoms with Crippen molar-refractivity contribution in [3.8, 4) is 0 Å². The van der Waals surface area contributed by atoms with Gasteiger partial charge in [0.2, 0.25) is 0 Å². The molecule has 15 N–H and O–H groups in total. The van der Waals surface area contributed by atoms with Crippen LogP contribution in [-0.4, -0.2) is 108 Å². The number of rotatable bonds is 12. The van der Waals surface area contributed by atoms with Crippen LogP contribution in [0.4, 0.5) is 0 Å². The van der Waals surface area contributed by atoms with Gasteiger partial charge in [-0.3, -0.25) is 22.8 Å². The monoisotopic (exact) mass is 695 g/mol. The van der Waals surface area contributed by atoms with Crippen LogP contribution < -0.4 is 16.8 Å². The Morgan fingerprint density at radius 1 is 0.400 bits per heavy atom. The lowest BCUT2D eigenvalue weighted by Crippen LogP contribution is -2.16. The summed E-state index contributed by atoms with van der Waals surface area (Å²) in [6.45, 7) is 8.29. The quantitative estimate of drug-likeness (QED) is 0.0980. The molecule has 0 aromatic rings. The maximum atomic E-state index is 9.33. The summed E-state index contributed by atoms with van der Waals surface area (Å²) in [5.74, 6) is 0. The Hall–Kier alpha value is 0.630. The van der Waals surface area contributed by atoms with Crippen molar-refractivity contribution in [3.63, 3.8) is 0 Å². The Labute approximate surface area is 237 Å². The predicted octanol–water partition coefficient (Wildman–Crippen LogP) is 0.584. The van der Waals surface area contributed by atoms with E-state index in [1.807, 2.05) is 0 Å². The van der Waals surface area contributed by atoms with Gasteiger partial charge in [-0.25, -0.2) is 0 Å². The highest BCUT2D eigenvalue weighted by atomic mass is 31.2. The average Bonchev–Trinajstić information content (AvgIpc) is 2.59. The molecule has 0 atom stereocenters. The zero-order valence-corrected chi connectivity index (χ0v) is 28.4. The summed E-state index contributed by atoms with van der Waals surface area (Å²) in [5, 5.41) is 3.48. The molecule has 40 heavy (non-hydrogen) atoms. The van der Waals surface area contributed by atoms with Crippen LogP contribution in [-0.2, 0) is 22.8 Å². The summed E-state index contributed by atoms with van der Waals surface area (Å²) in [7, 11) is -18.2. The smallest absolute Gasteiger partial charge is 0.322 e. The Morgan fingerprint density at radius 2 is 0.550 bits per heavy atom. The van der Waals surface area contributed by atoms with E-state index in [1.54, 1.807) is 0 Å². The number of hydrogen-bond acceptors (Lipinski definition) is 8. The normalized spacial score (nSPS) is 11.4. The van der Waals surface area contributed by atoms with Crippen molar-refractivity contribution in [2.24, 2.45) is 11.5 Å². The first kappa shape index (κ1) is 53.2. The SMILES string of the molecule is CP(=O)(O)O.CP(=O)(O)O.CP(=O)(O)O.CP(=O)(O)O.CP(=O)(O)O.NCCCCCCNCCCCCCN. The molecule has 0 aromatic heterocycles. The van der Waals surface area contributed by atoms with Gasteiger partial charge in [0.15, 0.2) is 0 Å². The molecule has 0 spiro atoms. The van der Waals surface area contributed by atoms with Crippen LogP contribution in [0.25, 0.3) is 0 Å². The van der Waals surface area contributed by atoms with E-state index in [0.717, 1.165) is 46.4 Å². The first-order valence-electron chi connectivity index (χ1n) is 11.7. The number of nitrogens with two attached hydrogens (primary N) is 2. The Morgan fingerprint density at radius 3 is 0.700 bits per heavy atom. The lowest BCUT2D eigenvalue weighted by atomic mass is 10.2. The molecule has 0 fully saturated rings. The van der Waals surface area contributed by atoms with Crippen molar-refractivity contribution in [3.05, 3.63) is 0 Å². The van der Waals surface area contributed by atoms with Gasteiger partial charge < -0.3 is 65.7 Å². The van der Waals surface area contributed by atoms with Gasteiger partial charge in [0.05, 0.1) is 0 Å². The van der Waals surface area contributed by atoms with Crippen molar-refractivity contribution < 1.29 is 71.8 Å². The lowest BCUT2D eigenvalue weighted by molar-refractivity contribution is 0.379. The van der Waals surface area contributed by atoms with Gasteiger partial charge in [-0.1, -0.05) is 25.7 Å². The van der Waals surface area contributed by atoms with Crippen molar-refractivity contribution in [1.29, 1.82) is 0 Å². The molecule has 0 aliphatic carbocycles. The zero-order valence-electron chi connectivity index (χ0n) is 23.9. The fourth-order valence-corrected chi connectivity index (χ4v) is 1.62. The minimum absolute atomic E-state index is 0.842. The molecule has 0 unspecified atom stereocenters. The van der Waals surface area contributed by atoms with E-state index in [4.69, 9.17) is 60.4 Å². The topological polar surface area (TPSA) is 352 Å². The van der Waals surface area contributed by atoms with Crippen molar-refractivity contribution in [1.82, 2.24) is 5.32 Å². The fourth-order valence-electron chi connectivity index (χ4n) is 1.62. The molecular formula is C17H54N3O15P5. The van der Waals surface area contributed by atoms with Gasteiger partial charge in [-0.15, -0.1) is 0 Å². The van der Waals surface area contributed by atoms with E-state index in [-0.39, 0.29) is 0 Å². The molecule has 0 aliphatic heterocycles. The molecule has 0 saturated carbocycles. The highest BCUT2D eigenvalue weighted by Gasteiger charge is 1.97. The largest absolute Gasteiger partial charge is 0.330 e. The van der Waals surface area contributed by atoms with Gasteiger partial charge >= 0.3 is 38.0 Å². The van der Waals surface area contributed by atoms with Crippen LogP contribution >= 0.6 is 38.0 Å². The Kier molecular flexibility index (Phi) is 41.3. The van der Waals surface area contributed by atoms with Gasteiger partial charge in [-0.05, 0) is 51.9 Å². The fraction of sp³-hybridized carbons (Fsp3) is 1.00. The molecule has 0 bridgehead atoms. The highest BCUT2D eigenvalue weighted by Crippen LogP contribution is 2.28. The van der Waals surface area contributed by atoms with E-state index in [2.05, 4.69) is 5.32 Å². The third-order valence-electron chi connectivity index (χ3n) is 2.62. The van der Waals surface area contributed by atoms with Crippen LogP contribution in [0.1, 0.15) is 51.4 Å². The van der Waals surface area contributed by atoms with E-state index in [1.165, 1.54) is 64.5 Å². The molecular weight excluding hydrogens is 641 g/mol. The summed E-state index contributed by atoms with van der Waals surface area (Å²) in [6, 6.07) is 0. The number of nitrogens with one attached hydrogen (secondary N) is 1. The molecule has 18 nitrogen and oxygen atoms in total. The molecule has 23 heteroatoms. The maximum absolute atomic E-state index is 9.33. The summed E-state index contributed by atoms with van der Waals surface area (Å²) < 4.78 is 46.6.